The van der Waals surface area contributed by atoms with Gasteiger partial charge >= 0.3 is 0 Å². The zero-order valence-corrected chi connectivity index (χ0v) is 11.5. The molecule has 0 aliphatic carbocycles. The first-order chi connectivity index (χ1) is 10.8. The highest BCUT2D eigenvalue weighted by atomic mass is 19.1. The second-order valence-corrected chi connectivity index (χ2v) is 5.10. The summed E-state index contributed by atoms with van der Waals surface area (Å²) in [4.78, 5) is 17.6. The third-order valence-corrected chi connectivity index (χ3v) is 3.75. The molecule has 0 radical (unpaired) electrons. The van der Waals surface area contributed by atoms with Crippen molar-refractivity contribution in [3.63, 3.8) is 0 Å². The van der Waals surface area contributed by atoms with Gasteiger partial charge in [-0.05, 0) is 0 Å². The zero-order valence-electron chi connectivity index (χ0n) is 11.5. The molecular weight excluding hydrogens is 314 g/mol. The number of fused-ring (bicyclic) bond motifs is 1. The van der Waals surface area contributed by atoms with Crippen LogP contribution in [0.3, 0.4) is 0 Å². The van der Waals surface area contributed by atoms with Crippen LogP contribution in [0, 0.1) is 18.2 Å². The smallest absolute Gasteiger partial charge is 0.264 e. The van der Waals surface area contributed by atoms with Crippen LogP contribution in [0.5, 0.6) is 0 Å². The molecule has 5 N–H and O–H groups in total. The monoisotopic (exact) mass is 326 g/mol. The van der Waals surface area contributed by atoms with Crippen molar-refractivity contribution in [2.75, 3.05) is 12.3 Å². The normalized spacial score (nSPS) is 30.7. The standard InChI is InChI=1S/C13H12F2N4O4/c1-2-13(15)8(21)6(4-20)23-11(13)19-3-5(14)7-9(19)17-12(16)18-10(7)22/h1,3,6,8,11,20-21H,4H2,(H3,16,17,18,22)/t6-,8?,11-,13?/m1/s1. The molecule has 1 aliphatic rings. The number of hydrogen-bond donors (Lipinski definition) is 4. The molecule has 4 atom stereocenters. The highest BCUT2D eigenvalue weighted by Gasteiger charge is 2.57. The van der Waals surface area contributed by atoms with E-state index in [9.17, 15) is 18.7 Å². The highest BCUT2D eigenvalue weighted by molar-refractivity contribution is 5.77. The van der Waals surface area contributed by atoms with Crippen LogP contribution in [0.4, 0.5) is 14.7 Å². The fourth-order valence-corrected chi connectivity index (χ4v) is 2.63. The Kier molecular flexibility index (Phi) is 3.36. The van der Waals surface area contributed by atoms with E-state index in [1.54, 1.807) is 5.92 Å². The molecule has 2 aromatic rings. The lowest BCUT2D eigenvalue weighted by Gasteiger charge is -2.23. The van der Waals surface area contributed by atoms with Crippen LogP contribution in [-0.2, 0) is 4.74 Å². The van der Waals surface area contributed by atoms with Gasteiger partial charge in [-0.25, -0.2) is 8.78 Å². The van der Waals surface area contributed by atoms with E-state index in [2.05, 4.69) is 9.97 Å². The Bertz CT molecular complexity index is 873. The Balaban J connectivity index is 2.25. The van der Waals surface area contributed by atoms with Crippen LogP contribution >= 0.6 is 0 Å². The molecule has 2 aromatic heterocycles. The fraction of sp³-hybridized carbons (Fsp3) is 0.385. The number of aromatic amines is 1. The van der Waals surface area contributed by atoms with Crippen molar-refractivity contribution < 1.29 is 23.7 Å². The number of aliphatic hydroxyl groups excluding tert-OH is 2. The summed E-state index contributed by atoms with van der Waals surface area (Å²) in [7, 11) is 0. The Morgan fingerprint density at radius 3 is 2.96 bits per heavy atom. The third kappa shape index (κ3) is 2.02. The Labute approximate surface area is 127 Å². The molecule has 23 heavy (non-hydrogen) atoms. The van der Waals surface area contributed by atoms with Gasteiger partial charge in [-0.2, -0.15) is 4.98 Å². The summed E-state index contributed by atoms with van der Waals surface area (Å²) in [5.41, 5.74) is 1.51. The summed E-state index contributed by atoms with van der Waals surface area (Å²) in [6.45, 7) is -0.706. The number of nitrogens with zero attached hydrogens (tertiary/aromatic N) is 2. The number of nitrogens with one attached hydrogen (secondary N) is 1. The van der Waals surface area contributed by atoms with Crippen LogP contribution in [0.25, 0.3) is 11.0 Å². The van der Waals surface area contributed by atoms with Gasteiger partial charge in [0.2, 0.25) is 11.6 Å². The van der Waals surface area contributed by atoms with E-state index in [1.807, 2.05) is 0 Å². The van der Waals surface area contributed by atoms with E-state index >= 15 is 0 Å². The largest absolute Gasteiger partial charge is 0.394 e. The number of halogens is 2. The van der Waals surface area contributed by atoms with Crippen LogP contribution in [0.15, 0.2) is 11.0 Å². The van der Waals surface area contributed by atoms with E-state index in [4.69, 9.17) is 22.0 Å². The predicted molar refractivity (Wildman–Crippen MR) is 74.4 cm³/mol. The van der Waals surface area contributed by atoms with Crippen molar-refractivity contribution in [3.05, 3.63) is 22.4 Å². The van der Waals surface area contributed by atoms with E-state index in [0.717, 1.165) is 10.8 Å². The molecule has 2 unspecified atom stereocenters. The first kappa shape index (κ1) is 15.4. The number of rotatable bonds is 2. The molecule has 0 spiro atoms. The number of ether oxygens (including phenoxy) is 1. The summed E-state index contributed by atoms with van der Waals surface area (Å²) in [6, 6.07) is 0. The molecule has 1 saturated heterocycles. The molecule has 1 aliphatic heterocycles. The minimum Gasteiger partial charge on any atom is -0.394 e. The molecule has 3 heterocycles. The Hall–Kier alpha value is -2.48. The van der Waals surface area contributed by atoms with Crippen molar-refractivity contribution in [1.82, 2.24) is 14.5 Å². The first-order valence-electron chi connectivity index (χ1n) is 6.50. The second-order valence-electron chi connectivity index (χ2n) is 5.10. The lowest BCUT2D eigenvalue weighted by molar-refractivity contribution is -0.0503. The van der Waals surface area contributed by atoms with Gasteiger partial charge in [-0.1, -0.05) is 5.92 Å². The maximum absolute atomic E-state index is 15.0. The third-order valence-electron chi connectivity index (χ3n) is 3.75. The SMILES string of the molecule is C#CC1(F)C(O)[C@@H](CO)O[C@H]1n1cc(F)c2c(=O)[nH]c(N)nc21. The number of alkyl halides is 1. The average molecular weight is 326 g/mol. The molecule has 10 heteroatoms. The highest BCUT2D eigenvalue weighted by Crippen LogP contribution is 2.42. The van der Waals surface area contributed by atoms with Crippen molar-refractivity contribution in [2.45, 2.75) is 24.1 Å². The quantitative estimate of drug-likeness (QED) is 0.527. The number of terminal acetylenes is 1. The number of nitrogen functional groups attached to an aromatic ring is 1. The summed E-state index contributed by atoms with van der Waals surface area (Å²) in [6.07, 6.45) is 1.06. The van der Waals surface area contributed by atoms with Gasteiger partial charge in [0, 0.05) is 6.20 Å². The molecule has 0 bridgehead atoms. The molecular formula is C13H12F2N4O4. The van der Waals surface area contributed by atoms with Crippen LogP contribution in [0.1, 0.15) is 6.23 Å². The van der Waals surface area contributed by atoms with Crippen molar-refractivity contribution in [2.24, 2.45) is 0 Å². The summed E-state index contributed by atoms with van der Waals surface area (Å²) in [5.74, 6) is 0.462. The van der Waals surface area contributed by atoms with Crippen molar-refractivity contribution in [1.29, 1.82) is 0 Å². The number of H-pyrrole nitrogens is 1. The van der Waals surface area contributed by atoms with Crippen LogP contribution in [0.2, 0.25) is 0 Å². The number of aromatic nitrogens is 3. The number of aliphatic hydroxyl groups is 2. The van der Waals surface area contributed by atoms with Gasteiger partial charge in [-0.3, -0.25) is 14.3 Å². The summed E-state index contributed by atoms with van der Waals surface area (Å²) >= 11 is 0. The van der Waals surface area contributed by atoms with Crippen molar-refractivity contribution in [3.8, 4) is 12.3 Å². The summed E-state index contributed by atoms with van der Waals surface area (Å²) in [5, 5.41) is 18.6. The predicted octanol–water partition coefficient (Wildman–Crippen LogP) is -0.962. The molecule has 0 amide bonds. The maximum atomic E-state index is 15.0. The fourth-order valence-electron chi connectivity index (χ4n) is 2.63. The lowest BCUT2D eigenvalue weighted by atomic mass is 9.97. The Morgan fingerprint density at radius 1 is 1.65 bits per heavy atom. The van der Waals surface area contributed by atoms with Gasteiger partial charge in [0.25, 0.3) is 5.56 Å². The van der Waals surface area contributed by atoms with E-state index in [1.165, 1.54) is 0 Å². The first-order valence-corrected chi connectivity index (χ1v) is 6.50. The zero-order chi connectivity index (χ0) is 16.9. The van der Waals surface area contributed by atoms with Gasteiger partial charge in [0.15, 0.2) is 17.7 Å². The second kappa shape index (κ2) is 5.02. The molecule has 8 nitrogen and oxygen atoms in total. The molecule has 0 aromatic carbocycles. The van der Waals surface area contributed by atoms with Gasteiger partial charge in [0.05, 0.1) is 6.61 Å². The van der Waals surface area contributed by atoms with Crippen LogP contribution < -0.4 is 11.3 Å². The van der Waals surface area contributed by atoms with Crippen molar-refractivity contribution >= 4 is 17.0 Å². The minimum absolute atomic E-state index is 0.295. The molecule has 3 rings (SSSR count). The molecule has 1 fully saturated rings. The number of hydrogen-bond acceptors (Lipinski definition) is 6. The van der Waals surface area contributed by atoms with Gasteiger partial charge < -0.3 is 20.7 Å². The average Bonchev–Trinajstić information content (AvgIpc) is 2.95. The number of nitrogens with two attached hydrogens (primary N) is 1. The maximum Gasteiger partial charge on any atom is 0.264 e. The Morgan fingerprint density at radius 2 is 2.35 bits per heavy atom. The topological polar surface area (TPSA) is 126 Å². The molecule has 122 valence electrons. The summed E-state index contributed by atoms with van der Waals surface area (Å²) < 4.78 is 35.0. The van der Waals surface area contributed by atoms with E-state index < -0.39 is 47.5 Å². The molecule has 0 saturated carbocycles. The minimum atomic E-state index is -2.76. The van der Waals surface area contributed by atoms with E-state index in [-0.39, 0.29) is 11.6 Å². The van der Waals surface area contributed by atoms with Gasteiger partial charge in [-0.15, -0.1) is 6.42 Å². The van der Waals surface area contributed by atoms with Crippen LogP contribution in [-0.4, -0.2) is 49.2 Å². The lowest BCUT2D eigenvalue weighted by Crippen LogP contribution is -2.42. The van der Waals surface area contributed by atoms with Gasteiger partial charge in [0.1, 0.15) is 17.6 Å². The van der Waals surface area contributed by atoms with E-state index in [0.29, 0.717) is 0 Å². The number of anilines is 1.